The quantitative estimate of drug-likeness (QED) is 0.126. The number of hydrogen-bond acceptors (Lipinski definition) is 7. The lowest BCUT2D eigenvalue weighted by atomic mass is 10.1. The van der Waals surface area contributed by atoms with Crippen molar-refractivity contribution in [1.82, 2.24) is 0 Å². The maximum atomic E-state index is 9.38. The van der Waals surface area contributed by atoms with Crippen molar-refractivity contribution < 1.29 is 34.3 Å². The van der Waals surface area contributed by atoms with E-state index < -0.39 is 6.10 Å². The monoisotopic (exact) mass is 532 g/mol. The van der Waals surface area contributed by atoms with Gasteiger partial charge in [-0.1, -0.05) is 55.1 Å². The van der Waals surface area contributed by atoms with Crippen molar-refractivity contribution in [1.29, 1.82) is 0 Å². The molecule has 0 aromatic heterocycles. The van der Waals surface area contributed by atoms with Crippen LogP contribution in [0.1, 0.15) is 27.7 Å². The van der Waals surface area contributed by atoms with E-state index in [1.165, 1.54) is 6.26 Å². The number of ether oxygens (including phenoxy) is 4. The van der Waals surface area contributed by atoms with Crippen LogP contribution in [0, 0.1) is 12.0 Å². The third-order valence-corrected chi connectivity index (χ3v) is 5.27. The Kier molecular flexibility index (Phi) is 12.8. The molecule has 0 saturated carbocycles. The molecule has 0 heterocycles. The van der Waals surface area contributed by atoms with E-state index in [0.717, 1.165) is 23.1 Å². The van der Waals surface area contributed by atoms with Gasteiger partial charge in [0.15, 0.2) is 12.4 Å². The molecule has 2 atom stereocenters. The fourth-order valence-electron chi connectivity index (χ4n) is 3.61. The smallest absolute Gasteiger partial charge is 0.196 e. The summed E-state index contributed by atoms with van der Waals surface area (Å²) < 4.78 is 21.6. The third-order valence-electron chi connectivity index (χ3n) is 5.27. The summed E-state index contributed by atoms with van der Waals surface area (Å²) in [5, 5.41) is 30.6. The summed E-state index contributed by atoms with van der Waals surface area (Å²) in [7, 11) is 0. The second-order valence-corrected chi connectivity index (χ2v) is 8.04. The van der Waals surface area contributed by atoms with Gasteiger partial charge in [-0.25, -0.2) is 0 Å². The number of phenols is 2. The van der Waals surface area contributed by atoms with Gasteiger partial charge in [0.25, 0.3) is 0 Å². The number of benzene rings is 4. The fourth-order valence-corrected chi connectivity index (χ4v) is 3.61. The summed E-state index contributed by atoms with van der Waals surface area (Å²) >= 11 is 0. The van der Waals surface area contributed by atoms with Crippen molar-refractivity contribution in [2.75, 3.05) is 13.2 Å². The zero-order valence-electron chi connectivity index (χ0n) is 22.8. The average Bonchev–Trinajstić information content (AvgIpc) is 2.91. The van der Waals surface area contributed by atoms with Crippen LogP contribution in [0.2, 0.25) is 0 Å². The van der Waals surface area contributed by atoms with E-state index in [2.05, 4.69) is 17.2 Å². The molecule has 0 fully saturated rings. The Morgan fingerprint density at radius 1 is 0.744 bits per heavy atom. The van der Waals surface area contributed by atoms with Crippen LogP contribution in [0.5, 0.6) is 23.0 Å². The van der Waals surface area contributed by atoms with Crippen molar-refractivity contribution in [2.24, 2.45) is 0 Å². The molecular weight excluding hydrogens is 496 g/mol. The van der Waals surface area contributed by atoms with Crippen LogP contribution in [0.15, 0.2) is 85.6 Å². The normalized spacial score (nSPS) is 11.4. The summed E-state index contributed by atoms with van der Waals surface area (Å²) in [5.41, 5.74) is 0. The van der Waals surface area contributed by atoms with Gasteiger partial charge in [-0.2, -0.15) is 0 Å². The molecule has 0 radical (unpaired) electrons. The van der Waals surface area contributed by atoms with Crippen LogP contribution >= 0.6 is 0 Å². The van der Waals surface area contributed by atoms with Crippen LogP contribution < -0.4 is 9.47 Å². The van der Waals surface area contributed by atoms with Gasteiger partial charge >= 0.3 is 0 Å². The minimum Gasteiger partial charge on any atom is -0.507 e. The SMILES string of the molecule is C=COCC.CCOC(C)Oc1cccc2c(OC(C)C#CO)cccc12.Oc1cccc2c(O)cccc12. The summed E-state index contributed by atoms with van der Waals surface area (Å²) in [6.45, 7) is 12.1. The Hall–Kier alpha value is -4.54. The van der Waals surface area contributed by atoms with Crippen molar-refractivity contribution in [3.05, 3.63) is 85.6 Å². The second-order valence-electron chi connectivity index (χ2n) is 8.04. The number of fused-ring (bicyclic) bond motifs is 2. The summed E-state index contributed by atoms with van der Waals surface area (Å²) in [4.78, 5) is 0. The molecule has 7 heteroatoms. The standard InChI is InChI=1S/C18H20O4.C10H8O2.C4H8O/c1-4-20-14(3)22-18-10-6-7-15-16(18)8-5-9-17(15)21-13(2)11-12-19;11-9-5-1-3-7-8(9)4-2-6-10(7)12;1-3-5-4-2/h5-10,13-14,19H,4H2,1-3H3;1-6,11-12H;3H,1,4H2,2H3. The minimum atomic E-state index is -0.400. The predicted molar refractivity (Wildman–Crippen MR) is 155 cm³/mol. The van der Waals surface area contributed by atoms with E-state index >= 15 is 0 Å². The lowest BCUT2D eigenvalue weighted by Crippen LogP contribution is -2.16. The van der Waals surface area contributed by atoms with Crippen LogP contribution in [0.3, 0.4) is 0 Å². The molecule has 0 bridgehead atoms. The van der Waals surface area contributed by atoms with Gasteiger partial charge in [0, 0.05) is 28.2 Å². The number of aliphatic hydroxyl groups excluding tert-OH is 1. The molecule has 0 spiro atoms. The molecule has 0 aliphatic heterocycles. The largest absolute Gasteiger partial charge is 0.507 e. The lowest BCUT2D eigenvalue weighted by Gasteiger charge is -2.17. The Balaban J connectivity index is 0.000000260. The van der Waals surface area contributed by atoms with Crippen LogP contribution in [0.4, 0.5) is 0 Å². The molecule has 4 aromatic carbocycles. The zero-order chi connectivity index (χ0) is 28.6. The first kappa shape index (κ1) is 30.7. The molecule has 0 aliphatic rings. The molecule has 4 rings (SSSR count). The van der Waals surface area contributed by atoms with E-state index in [1.807, 2.05) is 63.3 Å². The highest BCUT2D eigenvalue weighted by Gasteiger charge is 2.11. The Morgan fingerprint density at radius 3 is 1.67 bits per heavy atom. The van der Waals surface area contributed by atoms with Gasteiger partial charge < -0.3 is 34.3 Å². The van der Waals surface area contributed by atoms with Gasteiger partial charge in [-0.3, -0.25) is 0 Å². The maximum absolute atomic E-state index is 9.38. The highest BCUT2D eigenvalue weighted by molar-refractivity contribution is 5.93. The van der Waals surface area contributed by atoms with Crippen molar-refractivity contribution in [3.63, 3.8) is 0 Å². The van der Waals surface area contributed by atoms with Crippen molar-refractivity contribution in [2.45, 2.75) is 40.1 Å². The summed E-state index contributed by atoms with van der Waals surface area (Å²) in [5.74, 6) is 4.39. The van der Waals surface area contributed by atoms with E-state index in [1.54, 1.807) is 43.3 Å². The highest BCUT2D eigenvalue weighted by atomic mass is 16.7. The minimum absolute atomic E-state index is 0.198. The van der Waals surface area contributed by atoms with Crippen molar-refractivity contribution >= 4 is 21.5 Å². The Morgan fingerprint density at radius 2 is 1.23 bits per heavy atom. The zero-order valence-corrected chi connectivity index (χ0v) is 22.8. The Bertz CT molecular complexity index is 1350. The number of aliphatic hydroxyl groups is 1. The first-order valence-electron chi connectivity index (χ1n) is 12.6. The second kappa shape index (κ2) is 16.3. The topological polar surface area (TPSA) is 97.6 Å². The molecule has 2 unspecified atom stereocenters. The average molecular weight is 533 g/mol. The van der Waals surface area contributed by atoms with E-state index in [9.17, 15) is 10.2 Å². The number of phenolic OH excluding ortho intramolecular Hbond substituents is 2. The summed E-state index contributed by atoms with van der Waals surface area (Å²) in [6.07, 6.45) is 2.58. The van der Waals surface area contributed by atoms with Gasteiger partial charge in [0.05, 0.1) is 12.9 Å². The molecule has 7 nitrogen and oxygen atoms in total. The van der Waals surface area contributed by atoms with Crippen molar-refractivity contribution in [3.8, 4) is 35.0 Å². The Labute approximate surface area is 229 Å². The van der Waals surface area contributed by atoms with E-state index in [-0.39, 0.29) is 17.8 Å². The van der Waals surface area contributed by atoms with Crippen LogP contribution in [0.25, 0.3) is 21.5 Å². The number of hydrogen-bond donors (Lipinski definition) is 3. The molecule has 3 N–H and O–H groups in total. The number of aromatic hydroxyl groups is 2. The number of rotatable bonds is 8. The van der Waals surface area contributed by atoms with Gasteiger partial charge in [-0.05, 0) is 57.9 Å². The molecule has 39 heavy (non-hydrogen) atoms. The maximum Gasteiger partial charge on any atom is 0.196 e. The fraction of sp³-hybridized carbons (Fsp3) is 0.250. The van der Waals surface area contributed by atoms with Gasteiger partial charge in [0.1, 0.15) is 29.1 Å². The van der Waals surface area contributed by atoms with E-state index in [0.29, 0.717) is 23.1 Å². The third kappa shape index (κ3) is 9.37. The molecular formula is C32H36O7. The van der Waals surface area contributed by atoms with Crippen LogP contribution in [-0.4, -0.2) is 40.9 Å². The van der Waals surface area contributed by atoms with Gasteiger partial charge in [0.2, 0.25) is 0 Å². The molecule has 206 valence electrons. The molecule has 0 saturated heterocycles. The predicted octanol–water partition coefficient (Wildman–Crippen LogP) is 7.12. The van der Waals surface area contributed by atoms with E-state index in [4.69, 9.17) is 19.3 Å². The lowest BCUT2D eigenvalue weighted by molar-refractivity contribution is -0.0605. The van der Waals surface area contributed by atoms with Gasteiger partial charge in [-0.15, -0.1) is 0 Å². The molecule has 4 aromatic rings. The summed E-state index contributed by atoms with van der Waals surface area (Å²) in [6, 6.07) is 21.7. The highest BCUT2D eigenvalue weighted by Crippen LogP contribution is 2.33. The van der Waals surface area contributed by atoms with Crippen LogP contribution in [-0.2, 0) is 9.47 Å². The first-order valence-corrected chi connectivity index (χ1v) is 12.6. The molecule has 0 amide bonds. The first-order chi connectivity index (χ1) is 18.9. The molecule has 0 aliphatic carbocycles.